The van der Waals surface area contributed by atoms with E-state index in [2.05, 4.69) is 12.2 Å². The Morgan fingerprint density at radius 2 is 1.94 bits per heavy atom. The standard InChI is InChI=1S/C12H15F2N3O/c1-12(2-3-12)6-16-11(18)7-4-8(13)10(17-15)9(14)5-7/h4-5,17H,2-3,6,15H2,1H3,(H,16,18). The van der Waals surface area contributed by atoms with Crippen LogP contribution in [0.25, 0.3) is 0 Å². The zero-order chi connectivity index (χ0) is 13.3. The number of hydrogen-bond acceptors (Lipinski definition) is 3. The number of halogens is 2. The van der Waals surface area contributed by atoms with E-state index in [0.717, 1.165) is 25.0 Å². The molecule has 1 fully saturated rings. The summed E-state index contributed by atoms with van der Waals surface area (Å²) in [5.41, 5.74) is 1.57. The summed E-state index contributed by atoms with van der Waals surface area (Å²) in [6, 6.07) is 1.92. The van der Waals surface area contributed by atoms with Crippen LogP contribution < -0.4 is 16.6 Å². The van der Waals surface area contributed by atoms with E-state index in [0.29, 0.717) is 6.54 Å². The molecular weight excluding hydrogens is 240 g/mol. The van der Waals surface area contributed by atoms with Crippen molar-refractivity contribution in [3.63, 3.8) is 0 Å². The number of carbonyl (C=O) groups excluding carboxylic acids is 1. The smallest absolute Gasteiger partial charge is 0.251 e. The highest BCUT2D eigenvalue weighted by Gasteiger charge is 2.37. The number of anilines is 1. The van der Waals surface area contributed by atoms with Crippen molar-refractivity contribution >= 4 is 11.6 Å². The Kier molecular flexibility index (Phi) is 3.21. The SMILES string of the molecule is CC1(CNC(=O)c2cc(F)c(NN)c(F)c2)CC1. The van der Waals surface area contributed by atoms with Gasteiger partial charge in [0.1, 0.15) is 5.69 Å². The molecule has 6 heteroatoms. The lowest BCUT2D eigenvalue weighted by molar-refractivity contribution is 0.0945. The largest absolute Gasteiger partial charge is 0.351 e. The normalized spacial score (nSPS) is 16.2. The zero-order valence-electron chi connectivity index (χ0n) is 10.0. The highest BCUT2D eigenvalue weighted by molar-refractivity contribution is 5.94. The lowest BCUT2D eigenvalue weighted by Crippen LogP contribution is -2.29. The van der Waals surface area contributed by atoms with Gasteiger partial charge in [0, 0.05) is 12.1 Å². The van der Waals surface area contributed by atoms with Gasteiger partial charge in [-0.05, 0) is 30.4 Å². The van der Waals surface area contributed by atoms with E-state index < -0.39 is 23.2 Å². The van der Waals surface area contributed by atoms with E-state index in [9.17, 15) is 13.6 Å². The molecule has 0 saturated heterocycles. The molecule has 4 N–H and O–H groups in total. The Morgan fingerprint density at radius 1 is 1.39 bits per heavy atom. The third-order valence-corrected chi connectivity index (χ3v) is 3.23. The third kappa shape index (κ3) is 2.59. The molecule has 0 radical (unpaired) electrons. The minimum absolute atomic E-state index is 0.0479. The van der Waals surface area contributed by atoms with Gasteiger partial charge in [-0.3, -0.25) is 10.6 Å². The molecule has 0 spiro atoms. The van der Waals surface area contributed by atoms with E-state index in [1.807, 2.05) is 5.43 Å². The quantitative estimate of drug-likeness (QED) is 0.567. The van der Waals surface area contributed by atoms with Crippen LogP contribution in [-0.4, -0.2) is 12.5 Å². The number of rotatable bonds is 4. The fourth-order valence-electron chi connectivity index (χ4n) is 1.63. The number of benzene rings is 1. The Morgan fingerprint density at radius 3 is 2.39 bits per heavy atom. The van der Waals surface area contributed by atoms with Crippen LogP contribution in [0.2, 0.25) is 0 Å². The van der Waals surface area contributed by atoms with Crippen LogP contribution in [0.4, 0.5) is 14.5 Å². The highest BCUT2D eigenvalue weighted by Crippen LogP contribution is 2.44. The van der Waals surface area contributed by atoms with E-state index in [-0.39, 0.29) is 11.0 Å². The van der Waals surface area contributed by atoms with Crippen molar-refractivity contribution in [2.24, 2.45) is 11.3 Å². The molecule has 0 heterocycles. The molecule has 1 saturated carbocycles. The van der Waals surface area contributed by atoms with Gasteiger partial charge >= 0.3 is 0 Å². The van der Waals surface area contributed by atoms with Gasteiger partial charge in [0.2, 0.25) is 0 Å². The summed E-state index contributed by atoms with van der Waals surface area (Å²) < 4.78 is 26.8. The van der Waals surface area contributed by atoms with Crippen LogP contribution >= 0.6 is 0 Å². The number of nitrogens with two attached hydrogens (primary N) is 1. The predicted octanol–water partition coefficient (Wildman–Crippen LogP) is 1.78. The summed E-state index contributed by atoms with van der Waals surface area (Å²) in [5.74, 6) is 2.71. The Labute approximate surface area is 104 Å². The van der Waals surface area contributed by atoms with Gasteiger partial charge in [-0.15, -0.1) is 0 Å². The first kappa shape index (κ1) is 12.8. The number of nitrogens with one attached hydrogen (secondary N) is 2. The number of amides is 1. The van der Waals surface area contributed by atoms with Crippen molar-refractivity contribution in [2.45, 2.75) is 19.8 Å². The van der Waals surface area contributed by atoms with Gasteiger partial charge in [0.05, 0.1) is 0 Å². The molecule has 2 rings (SSSR count). The maximum atomic E-state index is 13.4. The van der Waals surface area contributed by atoms with Crippen LogP contribution in [0.1, 0.15) is 30.1 Å². The molecule has 0 atom stereocenters. The second-order valence-electron chi connectivity index (χ2n) is 4.95. The Hall–Kier alpha value is -1.69. The maximum Gasteiger partial charge on any atom is 0.251 e. The van der Waals surface area contributed by atoms with Crippen molar-refractivity contribution in [3.8, 4) is 0 Å². The van der Waals surface area contributed by atoms with E-state index in [1.165, 1.54) is 0 Å². The lowest BCUT2D eigenvalue weighted by atomic mass is 10.1. The van der Waals surface area contributed by atoms with Crippen LogP contribution in [0.3, 0.4) is 0 Å². The average Bonchev–Trinajstić information content (AvgIpc) is 3.04. The second-order valence-corrected chi connectivity index (χ2v) is 4.95. The minimum atomic E-state index is -0.889. The predicted molar refractivity (Wildman–Crippen MR) is 63.8 cm³/mol. The van der Waals surface area contributed by atoms with Crippen molar-refractivity contribution in [3.05, 3.63) is 29.3 Å². The van der Waals surface area contributed by atoms with Crippen molar-refractivity contribution in [1.82, 2.24) is 5.32 Å². The van der Waals surface area contributed by atoms with Crippen LogP contribution in [0.15, 0.2) is 12.1 Å². The topological polar surface area (TPSA) is 67.2 Å². The molecule has 18 heavy (non-hydrogen) atoms. The van der Waals surface area contributed by atoms with Crippen molar-refractivity contribution in [1.29, 1.82) is 0 Å². The molecular formula is C12H15F2N3O. The summed E-state index contributed by atoms with van der Waals surface area (Å²) in [5, 5.41) is 2.67. The molecule has 1 aromatic rings. The molecule has 0 aromatic heterocycles. The summed E-state index contributed by atoms with van der Waals surface area (Å²) in [7, 11) is 0. The molecule has 98 valence electrons. The molecule has 1 aromatic carbocycles. The van der Waals surface area contributed by atoms with Crippen molar-refractivity contribution in [2.75, 3.05) is 12.0 Å². The van der Waals surface area contributed by atoms with E-state index >= 15 is 0 Å². The minimum Gasteiger partial charge on any atom is -0.351 e. The fraction of sp³-hybridized carbons (Fsp3) is 0.417. The Balaban J connectivity index is 2.10. The first-order valence-electron chi connectivity index (χ1n) is 5.69. The van der Waals surface area contributed by atoms with E-state index in [1.54, 1.807) is 0 Å². The van der Waals surface area contributed by atoms with Gasteiger partial charge in [-0.1, -0.05) is 6.92 Å². The molecule has 1 aliphatic rings. The van der Waals surface area contributed by atoms with Gasteiger partial charge in [-0.25, -0.2) is 8.78 Å². The highest BCUT2D eigenvalue weighted by atomic mass is 19.1. The monoisotopic (exact) mass is 255 g/mol. The zero-order valence-corrected chi connectivity index (χ0v) is 10.0. The number of carbonyl (C=O) groups is 1. The molecule has 1 aliphatic carbocycles. The van der Waals surface area contributed by atoms with Crippen LogP contribution in [0, 0.1) is 17.0 Å². The molecule has 4 nitrogen and oxygen atoms in total. The lowest BCUT2D eigenvalue weighted by Gasteiger charge is -2.11. The summed E-state index contributed by atoms with van der Waals surface area (Å²) in [4.78, 5) is 11.7. The van der Waals surface area contributed by atoms with Gasteiger partial charge in [0.15, 0.2) is 11.6 Å². The van der Waals surface area contributed by atoms with Gasteiger partial charge in [0.25, 0.3) is 5.91 Å². The number of nitrogen functional groups attached to an aromatic ring is 1. The number of hydrazine groups is 1. The van der Waals surface area contributed by atoms with Gasteiger partial charge in [-0.2, -0.15) is 0 Å². The first-order chi connectivity index (χ1) is 8.45. The number of hydrogen-bond donors (Lipinski definition) is 3. The van der Waals surface area contributed by atoms with Crippen LogP contribution in [-0.2, 0) is 0 Å². The summed E-state index contributed by atoms with van der Waals surface area (Å²) in [6.07, 6.45) is 2.12. The fourth-order valence-corrected chi connectivity index (χ4v) is 1.63. The molecule has 0 bridgehead atoms. The average molecular weight is 255 g/mol. The molecule has 1 amide bonds. The molecule has 0 aliphatic heterocycles. The Bertz CT molecular complexity index is 463. The van der Waals surface area contributed by atoms with Crippen molar-refractivity contribution < 1.29 is 13.6 Å². The first-order valence-corrected chi connectivity index (χ1v) is 5.69. The van der Waals surface area contributed by atoms with E-state index in [4.69, 9.17) is 5.84 Å². The third-order valence-electron chi connectivity index (χ3n) is 3.23. The second kappa shape index (κ2) is 4.53. The maximum absolute atomic E-state index is 13.4. The van der Waals surface area contributed by atoms with Gasteiger partial charge < -0.3 is 10.7 Å². The molecule has 0 unspecified atom stereocenters. The summed E-state index contributed by atoms with van der Waals surface area (Å²) in [6.45, 7) is 2.57. The van der Waals surface area contributed by atoms with Crippen LogP contribution in [0.5, 0.6) is 0 Å². The summed E-state index contributed by atoms with van der Waals surface area (Å²) >= 11 is 0.